The molecule has 0 amide bonds. The molecule has 0 saturated carbocycles. The molecule has 2 heterocycles. The number of aromatic nitrogens is 3. The van der Waals surface area contributed by atoms with Crippen LogP contribution in [-0.2, 0) is 25.3 Å². The Kier molecular flexibility index (Phi) is 6.59. The number of carbonyl (C=O) groups excluding carboxylic acids is 1. The van der Waals surface area contributed by atoms with Gasteiger partial charge in [-0.3, -0.25) is 4.79 Å². The summed E-state index contributed by atoms with van der Waals surface area (Å²) in [6.07, 6.45) is -3.42. The number of nitriles is 1. The second-order valence-corrected chi connectivity index (χ2v) is 8.74. The van der Waals surface area contributed by atoms with Crippen molar-refractivity contribution in [3.05, 3.63) is 29.6 Å². The van der Waals surface area contributed by atoms with Crippen LogP contribution in [0.3, 0.4) is 0 Å². The van der Waals surface area contributed by atoms with Gasteiger partial charge in [0.1, 0.15) is 21.6 Å². The third kappa shape index (κ3) is 5.07. The highest BCUT2D eigenvalue weighted by molar-refractivity contribution is 7.99. The molecule has 0 spiro atoms. The van der Waals surface area contributed by atoms with E-state index in [4.69, 9.17) is 0 Å². The minimum Gasteiger partial charge on any atom is -0.343 e. The second kappa shape index (κ2) is 8.42. The van der Waals surface area contributed by atoms with Crippen molar-refractivity contribution in [1.82, 2.24) is 14.8 Å². The van der Waals surface area contributed by atoms with Crippen molar-refractivity contribution in [1.29, 1.82) is 5.26 Å². The van der Waals surface area contributed by atoms with Crippen LogP contribution < -0.4 is 0 Å². The lowest BCUT2D eigenvalue weighted by Crippen LogP contribution is -2.12. The fraction of sp³-hybridized carbons (Fsp3) is 0.375. The maximum atomic E-state index is 13.3. The van der Waals surface area contributed by atoms with Crippen molar-refractivity contribution in [2.75, 3.05) is 0 Å². The summed E-state index contributed by atoms with van der Waals surface area (Å²) in [6, 6.07) is 3.66. The molecular formula is C16H15F3N4O4S2. The van der Waals surface area contributed by atoms with E-state index in [0.717, 1.165) is 41.7 Å². The Morgan fingerprint density at radius 3 is 2.52 bits per heavy atom. The van der Waals surface area contributed by atoms with Crippen LogP contribution in [0.4, 0.5) is 13.2 Å². The number of carbonyl (C=O) groups is 1. The lowest BCUT2D eigenvalue weighted by Gasteiger charge is -2.11. The number of rotatable bonds is 6. The normalized spacial score (nSPS) is 13.0. The molecule has 0 fully saturated rings. The van der Waals surface area contributed by atoms with E-state index < -0.39 is 38.4 Å². The van der Waals surface area contributed by atoms with E-state index in [9.17, 15) is 31.6 Å². The fourth-order valence-corrected chi connectivity index (χ4v) is 3.95. The third-order valence-corrected chi connectivity index (χ3v) is 6.17. The molecular weight excluding hydrogens is 433 g/mol. The lowest BCUT2D eigenvalue weighted by molar-refractivity contribution is -0.141. The topological polar surface area (TPSA) is 115 Å². The van der Waals surface area contributed by atoms with E-state index in [1.54, 1.807) is 13.0 Å². The van der Waals surface area contributed by atoms with Gasteiger partial charge in [0.2, 0.25) is 0 Å². The van der Waals surface area contributed by atoms with Gasteiger partial charge in [0.25, 0.3) is 0 Å². The molecule has 13 heteroatoms. The smallest absolute Gasteiger partial charge is 0.343 e. The maximum Gasteiger partial charge on any atom is 0.436 e. The van der Waals surface area contributed by atoms with Crippen molar-refractivity contribution in [3.8, 4) is 11.9 Å². The van der Waals surface area contributed by atoms with Gasteiger partial charge in [0.15, 0.2) is 11.5 Å². The van der Waals surface area contributed by atoms with E-state index in [2.05, 4.69) is 14.3 Å². The highest BCUT2D eigenvalue weighted by atomic mass is 32.2. The summed E-state index contributed by atoms with van der Waals surface area (Å²) in [5.41, 5.74) is -1.99. The maximum absolute atomic E-state index is 13.3. The molecule has 0 aromatic carbocycles. The van der Waals surface area contributed by atoms with E-state index in [-0.39, 0.29) is 16.1 Å². The SMILES string of the molecule is CCC(C)Sc1c(C#N)c(C(F)(F)F)nn1-c1ccc(S(=O)(=O)OC(C)=O)cn1. The number of hydrogen-bond acceptors (Lipinski definition) is 8. The first-order chi connectivity index (χ1) is 13.4. The highest BCUT2D eigenvalue weighted by Gasteiger charge is 2.40. The molecule has 0 aliphatic carbocycles. The van der Waals surface area contributed by atoms with E-state index in [1.165, 1.54) is 0 Å². The largest absolute Gasteiger partial charge is 0.436 e. The first-order valence-electron chi connectivity index (χ1n) is 8.09. The minimum atomic E-state index is -4.86. The summed E-state index contributed by atoms with van der Waals surface area (Å²) in [4.78, 5) is 14.3. The van der Waals surface area contributed by atoms with E-state index in [0.29, 0.717) is 6.42 Å². The van der Waals surface area contributed by atoms with Gasteiger partial charge in [-0.15, -0.1) is 11.8 Å². The van der Waals surface area contributed by atoms with Crippen LogP contribution in [-0.4, -0.2) is 34.4 Å². The Balaban J connectivity index is 2.60. The van der Waals surface area contributed by atoms with Crippen molar-refractivity contribution < 1.29 is 30.6 Å². The Morgan fingerprint density at radius 2 is 2.07 bits per heavy atom. The number of hydrogen-bond donors (Lipinski definition) is 0. The molecule has 29 heavy (non-hydrogen) atoms. The average molecular weight is 448 g/mol. The zero-order valence-electron chi connectivity index (χ0n) is 15.4. The highest BCUT2D eigenvalue weighted by Crippen LogP contribution is 2.38. The second-order valence-electron chi connectivity index (χ2n) is 5.77. The summed E-state index contributed by atoms with van der Waals surface area (Å²) in [6.45, 7) is 4.52. The van der Waals surface area contributed by atoms with Crippen LogP contribution in [0.25, 0.3) is 5.82 Å². The molecule has 0 bridgehead atoms. The predicted octanol–water partition coefficient (Wildman–Crippen LogP) is 3.30. The zero-order valence-corrected chi connectivity index (χ0v) is 17.0. The van der Waals surface area contributed by atoms with Crippen molar-refractivity contribution in [2.45, 2.75) is 48.5 Å². The molecule has 0 aliphatic heterocycles. The van der Waals surface area contributed by atoms with Crippen LogP contribution in [0.1, 0.15) is 38.4 Å². The van der Waals surface area contributed by atoms with Crippen molar-refractivity contribution >= 4 is 27.8 Å². The molecule has 8 nitrogen and oxygen atoms in total. The van der Waals surface area contributed by atoms with Crippen LogP contribution in [0.15, 0.2) is 28.3 Å². The average Bonchev–Trinajstić information content (AvgIpc) is 2.99. The van der Waals surface area contributed by atoms with E-state index in [1.807, 2.05) is 6.92 Å². The van der Waals surface area contributed by atoms with Gasteiger partial charge in [-0.25, -0.2) is 9.67 Å². The van der Waals surface area contributed by atoms with Crippen LogP contribution in [0.2, 0.25) is 0 Å². The van der Waals surface area contributed by atoms with Gasteiger partial charge in [-0.05, 0) is 18.6 Å². The van der Waals surface area contributed by atoms with Gasteiger partial charge in [-0.1, -0.05) is 13.8 Å². The monoisotopic (exact) mass is 448 g/mol. The van der Waals surface area contributed by atoms with Crippen LogP contribution >= 0.6 is 11.8 Å². The zero-order chi connectivity index (χ0) is 22.0. The van der Waals surface area contributed by atoms with E-state index >= 15 is 0 Å². The Morgan fingerprint density at radius 1 is 1.41 bits per heavy atom. The molecule has 0 aliphatic rings. The quantitative estimate of drug-likeness (QED) is 0.488. The number of thioether (sulfide) groups is 1. The summed E-state index contributed by atoms with van der Waals surface area (Å²) in [7, 11) is -4.40. The first kappa shape index (κ1) is 22.7. The number of nitrogens with zero attached hydrogens (tertiary/aromatic N) is 4. The number of pyridine rings is 1. The number of halogens is 3. The third-order valence-electron chi connectivity index (χ3n) is 3.56. The van der Waals surface area contributed by atoms with Gasteiger partial charge in [0.05, 0.1) is 6.20 Å². The molecule has 2 aromatic heterocycles. The van der Waals surface area contributed by atoms with Crippen molar-refractivity contribution in [2.24, 2.45) is 0 Å². The van der Waals surface area contributed by atoms with Crippen LogP contribution in [0, 0.1) is 11.3 Å². The minimum absolute atomic E-state index is 0.0581. The van der Waals surface area contributed by atoms with Crippen molar-refractivity contribution in [3.63, 3.8) is 0 Å². The standard InChI is InChI=1S/C16H15F3N4O4S2/c1-4-9(2)28-15-12(7-20)14(16(17,18)19)22-23(15)13-6-5-11(8-21-13)29(25,26)27-10(3)24/h5-6,8-9H,4H2,1-3H3. The Hall–Kier alpha value is -2.59. The molecule has 0 radical (unpaired) electrons. The molecule has 0 N–H and O–H groups in total. The fourth-order valence-electron chi connectivity index (χ4n) is 2.09. The molecule has 156 valence electrons. The van der Waals surface area contributed by atoms with Crippen LogP contribution in [0.5, 0.6) is 0 Å². The first-order valence-corrected chi connectivity index (χ1v) is 10.4. The Bertz CT molecular complexity index is 1060. The summed E-state index contributed by atoms with van der Waals surface area (Å²) >= 11 is 1.02. The summed E-state index contributed by atoms with van der Waals surface area (Å²) in [5, 5.41) is 12.6. The number of alkyl halides is 3. The summed E-state index contributed by atoms with van der Waals surface area (Å²) in [5.74, 6) is -1.19. The van der Waals surface area contributed by atoms with Gasteiger partial charge in [0, 0.05) is 12.2 Å². The summed E-state index contributed by atoms with van der Waals surface area (Å²) < 4.78 is 68.8. The molecule has 2 rings (SSSR count). The van der Waals surface area contributed by atoms with Gasteiger partial charge < -0.3 is 4.18 Å². The molecule has 1 atom stereocenters. The lowest BCUT2D eigenvalue weighted by atomic mass is 10.2. The predicted molar refractivity (Wildman–Crippen MR) is 95.6 cm³/mol. The molecule has 1 unspecified atom stereocenters. The van der Waals surface area contributed by atoms with Gasteiger partial charge in [-0.2, -0.15) is 31.9 Å². The molecule has 0 saturated heterocycles. The van der Waals surface area contributed by atoms with Gasteiger partial charge >= 0.3 is 22.3 Å². The Labute approximate surface area is 168 Å². The molecule has 2 aromatic rings.